The number of ether oxygens (including phenoxy) is 1. The van der Waals surface area contributed by atoms with Crippen LogP contribution in [0.5, 0.6) is 5.19 Å². The van der Waals surface area contributed by atoms with Crippen molar-refractivity contribution >= 4 is 38.8 Å². The fourth-order valence-corrected chi connectivity index (χ4v) is 2.00. The Kier molecular flexibility index (Phi) is 2.01. The van der Waals surface area contributed by atoms with Gasteiger partial charge in [0.05, 0.1) is 28.0 Å². The standard InChI is InChI=1S/C8H7ClN2OS/c1-12-8-11-6-2-4(9)5(10)3-7(6)13-8/h2-3H,10H2,1H3. The van der Waals surface area contributed by atoms with Gasteiger partial charge in [-0.25, -0.2) is 4.98 Å². The molecule has 3 nitrogen and oxygen atoms in total. The van der Waals surface area contributed by atoms with Gasteiger partial charge in [-0.15, -0.1) is 0 Å². The third-order valence-corrected chi connectivity index (χ3v) is 2.97. The highest BCUT2D eigenvalue weighted by Gasteiger charge is 2.06. The highest BCUT2D eigenvalue weighted by Crippen LogP contribution is 2.32. The van der Waals surface area contributed by atoms with Crippen LogP contribution in [-0.2, 0) is 0 Å². The number of hydrogen-bond donors (Lipinski definition) is 1. The molecule has 0 aliphatic heterocycles. The third-order valence-electron chi connectivity index (χ3n) is 1.66. The lowest BCUT2D eigenvalue weighted by Crippen LogP contribution is -1.84. The van der Waals surface area contributed by atoms with Crippen LogP contribution >= 0.6 is 22.9 Å². The SMILES string of the molecule is COc1nc2cc(Cl)c(N)cc2s1. The Morgan fingerprint density at radius 1 is 1.54 bits per heavy atom. The van der Waals surface area contributed by atoms with Gasteiger partial charge in [-0.05, 0) is 12.1 Å². The summed E-state index contributed by atoms with van der Waals surface area (Å²) in [5, 5.41) is 1.15. The van der Waals surface area contributed by atoms with Crippen molar-refractivity contribution in [3.05, 3.63) is 17.2 Å². The second-order valence-corrected chi connectivity index (χ2v) is 3.93. The number of anilines is 1. The lowest BCUT2D eigenvalue weighted by molar-refractivity contribution is 0.413. The Morgan fingerprint density at radius 2 is 2.31 bits per heavy atom. The van der Waals surface area contributed by atoms with Crippen LogP contribution in [0.3, 0.4) is 0 Å². The highest BCUT2D eigenvalue weighted by atomic mass is 35.5. The fourth-order valence-electron chi connectivity index (χ4n) is 1.03. The largest absolute Gasteiger partial charge is 0.473 e. The predicted molar refractivity (Wildman–Crippen MR) is 55.6 cm³/mol. The first-order valence-corrected chi connectivity index (χ1v) is 4.79. The Labute approximate surface area is 84.1 Å². The summed E-state index contributed by atoms with van der Waals surface area (Å²) in [5.41, 5.74) is 7.03. The van der Waals surface area contributed by atoms with Gasteiger partial charge in [-0.1, -0.05) is 22.9 Å². The number of rotatable bonds is 1. The number of nitrogens with two attached hydrogens (primary N) is 1. The average Bonchev–Trinajstić information content (AvgIpc) is 2.48. The van der Waals surface area contributed by atoms with Crippen LogP contribution in [0, 0.1) is 0 Å². The summed E-state index contributed by atoms with van der Waals surface area (Å²) in [6.45, 7) is 0. The number of halogens is 1. The second-order valence-electron chi connectivity index (χ2n) is 2.53. The van der Waals surface area contributed by atoms with Crippen molar-refractivity contribution in [1.29, 1.82) is 0 Å². The van der Waals surface area contributed by atoms with Crippen molar-refractivity contribution in [3.8, 4) is 5.19 Å². The molecule has 1 aromatic heterocycles. The van der Waals surface area contributed by atoms with E-state index in [1.165, 1.54) is 11.3 Å². The molecule has 2 aromatic rings. The van der Waals surface area contributed by atoms with Gasteiger partial charge in [-0.3, -0.25) is 0 Å². The minimum atomic E-state index is 0.528. The average molecular weight is 215 g/mol. The van der Waals surface area contributed by atoms with Crippen molar-refractivity contribution in [1.82, 2.24) is 4.98 Å². The number of hydrogen-bond acceptors (Lipinski definition) is 4. The molecule has 2 N–H and O–H groups in total. The molecule has 0 fully saturated rings. The first kappa shape index (κ1) is 8.59. The first-order chi connectivity index (χ1) is 6.20. The summed E-state index contributed by atoms with van der Waals surface area (Å²) >= 11 is 7.29. The van der Waals surface area contributed by atoms with Crippen LogP contribution in [0.2, 0.25) is 5.02 Å². The van der Waals surface area contributed by atoms with E-state index in [0.29, 0.717) is 15.9 Å². The predicted octanol–water partition coefficient (Wildman–Crippen LogP) is 2.54. The van der Waals surface area contributed by atoms with Crippen molar-refractivity contribution in [2.75, 3.05) is 12.8 Å². The minimum Gasteiger partial charge on any atom is -0.473 e. The smallest absolute Gasteiger partial charge is 0.274 e. The van der Waals surface area contributed by atoms with Gasteiger partial charge in [0.2, 0.25) is 0 Å². The van der Waals surface area contributed by atoms with Crippen molar-refractivity contribution in [2.24, 2.45) is 0 Å². The molecule has 0 aliphatic carbocycles. The van der Waals surface area contributed by atoms with E-state index < -0.39 is 0 Å². The Hall–Kier alpha value is -1.00. The zero-order valence-electron chi connectivity index (χ0n) is 6.87. The van der Waals surface area contributed by atoms with Gasteiger partial charge >= 0.3 is 0 Å². The van der Waals surface area contributed by atoms with E-state index in [9.17, 15) is 0 Å². The monoisotopic (exact) mass is 214 g/mol. The second kappa shape index (κ2) is 3.05. The molecule has 5 heteroatoms. The summed E-state index contributed by atoms with van der Waals surface area (Å²) < 4.78 is 5.99. The fraction of sp³-hybridized carbons (Fsp3) is 0.125. The Morgan fingerprint density at radius 3 is 3.00 bits per heavy atom. The molecular weight excluding hydrogens is 208 g/mol. The molecule has 0 bridgehead atoms. The van der Waals surface area contributed by atoms with Crippen molar-refractivity contribution in [2.45, 2.75) is 0 Å². The van der Waals surface area contributed by atoms with Crippen molar-refractivity contribution < 1.29 is 4.74 Å². The molecule has 1 heterocycles. The van der Waals surface area contributed by atoms with Crippen LogP contribution in [0.1, 0.15) is 0 Å². The Bertz CT molecular complexity index is 416. The van der Waals surface area contributed by atoms with E-state index in [1.54, 1.807) is 19.2 Å². The van der Waals surface area contributed by atoms with E-state index in [-0.39, 0.29) is 0 Å². The van der Waals surface area contributed by atoms with E-state index in [0.717, 1.165) is 10.2 Å². The van der Waals surface area contributed by atoms with Gasteiger partial charge in [0, 0.05) is 0 Å². The lowest BCUT2D eigenvalue weighted by Gasteiger charge is -1.94. The number of aromatic nitrogens is 1. The highest BCUT2D eigenvalue weighted by molar-refractivity contribution is 7.20. The van der Waals surface area contributed by atoms with Crippen molar-refractivity contribution in [3.63, 3.8) is 0 Å². The van der Waals surface area contributed by atoms with Gasteiger partial charge < -0.3 is 10.5 Å². The Balaban J connectivity index is 2.70. The summed E-state index contributed by atoms with van der Waals surface area (Å²) in [6.07, 6.45) is 0. The van der Waals surface area contributed by atoms with Crippen LogP contribution in [0.15, 0.2) is 12.1 Å². The zero-order chi connectivity index (χ0) is 9.42. The molecule has 0 radical (unpaired) electrons. The number of fused-ring (bicyclic) bond motifs is 1. The van der Waals surface area contributed by atoms with Crippen LogP contribution < -0.4 is 10.5 Å². The number of thiazole rings is 1. The molecule has 0 aliphatic rings. The number of benzene rings is 1. The van der Waals surface area contributed by atoms with E-state index in [1.807, 2.05) is 0 Å². The normalized spacial score (nSPS) is 10.6. The molecule has 0 saturated heterocycles. The summed E-state index contributed by atoms with van der Waals surface area (Å²) in [5.74, 6) is 0. The molecule has 0 atom stereocenters. The summed E-state index contributed by atoms with van der Waals surface area (Å²) in [7, 11) is 1.59. The molecule has 0 saturated carbocycles. The number of nitrogen functional groups attached to an aromatic ring is 1. The third kappa shape index (κ3) is 1.43. The maximum absolute atomic E-state index is 5.84. The molecule has 0 spiro atoms. The topological polar surface area (TPSA) is 48.1 Å². The van der Waals surface area contributed by atoms with E-state index >= 15 is 0 Å². The van der Waals surface area contributed by atoms with Gasteiger partial charge in [0.25, 0.3) is 5.19 Å². The molecule has 68 valence electrons. The van der Waals surface area contributed by atoms with Gasteiger partial charge in [0.15, 0.2) is 0 Å². The molecule has 0 unspecified atom stereocenters. The lowest BCUT2D eigenvalue weighted by atomic mass is 10.3. The van der Waals surface area contributed by atoms with Crippen LogP contribution in [-0.4, -0.2) is 12.1 Å². The van der Waals surface area contributed by atoms with Gasteiger partial charge in [0.1, 0.15) is 0 Å². The first-order valence-electron chi connectivity index (χ1n) is 3.60. The number of methoxy groups -OCH3 is 1. The zero-order valence-corrected chi connectivity index (χ0v) is 8.45. The van der Waals surface area contributed by atoms with Gasteiger partial charge in [-0.2, -0.15) is 0 Å². The maximum atomic E-state index is 5.84. The molecule has 2 rings (SSSR count). The molecular formula is C8H7ClN2OS. The molecule has 13 heavy (non-hydrogen) atoms. The molecule has 1 aromatic carbocycles. The maximum Gasteiger partial charge on any atom is 0.274 e. The summed E-state index contributed by atoms with van der Waals surface area (Å²) in [4.78, 5) is 4.19. The van der Waals surface area contributed by atoms with Crippen LogP contribution in [0.4, 0.5) is 5.69 Å². The number of nitrogens with zero attached hydrogens (tertiary/aromatic N) is 1. The molecule has 0 amide bonds. The van der Waals surface area contributed by atoms with E-state index in [2.05, 4.69) is 4.98 Å². The van der Waals surface area contributed by atoms with E-state index in [4.69, 9.17) is 22.1 Å². The quantitative estimate of drug-likeness (QED) is 0.743. The summed E-state index contributed by atoms with van der Waals surface area (Å²) in [6, 6.07) is 3.54. The van der Waals surface area contributed by atoms with Crippen LogP contribution in [0.25, 0.3) is 10.2 Å². The minimum absolute atomic E-state index is 0.528.